The maximum Gasteiger partial charge on any atom is 0.495 e. The lowest BCUT2D eigenvalue weighted by Gasteiger charge is -2.32. The zero-order chi connectivity index (χ0) is 22.2. The van der Waals surface area contributed by atoms with E-state index in [1.54, 1.807) is 0 Å². The molecule has 1 saturated heterocycles. The van der Waals surface area contributed by atoms with Gasteiger partial charge in [-0.1, -0.05) is 72.8 Å². The SMILES string of the molecule is Cc1cccc(/C(=C\c2ccccc2)c2ccccc2B2OC(C)(C)C(C)(C)O2)c1C. The molecule has 2 nitrogen and oxygen atoms in total. The van der Waals surface area contributed by atoms with E-state index in [2.05, 4.69) is 114 Å². The van der Waals surface area contributed by atoms with Crippen LogP contribution in [0.2, 0.25) is 0 Å². The minimum absolute atomic E-state index is 0.382. The van der Waals surface area contributed by atoms with Crippen LogP contribution in [0.1, 0.15) is 55.5 Å². The molecule has 0 bridgehead atoms. The van der Waals surface area contributed by atoms with Gasteiger partial charge in [-0.2, -0.15) is 0 Å². The zero-order valence-electron chi connectivity index (χ0n) is 19.4. The Bertz CT molecular complexity index is 1100. The van der Waals surface area contributed by atoms with Gasteiger partial charge in [-0.05, 0) is 86.5 Å². The second-order valence-electron chi connectivity index (χ2n) is 9.39. The highest BCUT2D eigenvalue weighted by Gasteiger charge is 2.52. The Balaban J connectivity index is 1.90. The van der Waals surface area contributed by atoms with Crippen LogP contribution in [0.4, 0.5) is 0 Å². The van der Waals surface area contributed by atoms with Crippen LogP contribution in [-0.4, -0.2) is 18.3 Å². The van der Waals surface area contributed by atoms with E-state index < -0.39 is 7.12 Å². The predicted molar refractivity (Wildman–Crippen MR) is 131 cm³/mol. The molecule has 0 atom stereocenters. The third kappa shape index (κ3) is 4.13. The Hall–Kier alpha value is -2.62. The summed E-state index contributed by atoms with van der Waals surface area (Å²) in [5, 5.41) is 0. The van der Waals surface area contributed by atoms with Gasteiger partial charge in [0.2, 0.25) is 0 Å². The Kier molecular flexibility index (Phi) is 5.68. The Morgan fingerprint density at radius 3 is 1.97 bits per heavy atom. The summed E-state index contributed by atoms with van der Waals surface area (Å²) < 4.78 is 12.9. The number of aryl methyl sites for hydroxylation is 1. The molecule has 0 N–H and O–H groups in total. The highest BCUT2D eigenvalue weighted by Crippen LogP contribution is 2.38. The summed E-state index contributed by atoms with van der Waals surface area (Å²) in [4.78, 5) is 0. The normalized spacial score (nSPS) is 17.7. The van der Waals surface area contributed by atoms with Gasteiger partial charge >= 0.3 is 7.12 Å². The number of hydrogen-bond donors (Lipinski definition) is 0. The van der Waals surface area contributed by atoms with Crippen molar-refractivity contribution in [2.75, 3.05) is 0 Å². The largest absolute Gasteiger partial charge is 0.495 e. The number of benzene rings is 3. The molecule has 0 spiro atoms. The van der Waals surface area contributed by atoms with E-state index in [4.69, 9.17) is 9.31 Å². The van der Waals surface area contributed by atoms with Crippen molar-refractivity contribution in [2.24, 2.45) is 0 Å². The molecule has 0 radical (unpaired) electrons. The van der Waals surface area contributed by atoms with Crippen molar-refractivity contribution < 1.29 is 9.31 Å². The summed E-state index contributed by atoms with van der Waals surface area (Å²) in [6, 6.07) is 25.4. The van der Waals surface area contributed by atoms with Crippen molar-refractivity contribution in [2.45, 2.75) is 52.7 Å². The molecular formula is C28H31BO2. The van der Waals surface area contributed by atoms with Gasteiger partial charge in [-0.25, -0.2) is 0 Å². The molecular weight excluding hydrogens is 379 g/mol. The van der Waals surface area contributed by atoms with Crippen molar-refractivity contribution in [1.82, 2.24) is 0 Å². The molecule has 0 aromatic heterocycles. The first-order chi connectivity index (χ1) is 14.7. The van der Waals surface area contributed by atoms with Crippen LogP contribution >= 0.6 is 0 Å². The molecule has 0 saturated carbocycles. The maximum absolute atomic E-state index is 6.43. The molecule has 1 heterocycles. The van der Waals surface area contributed by atoms with Crippen molar-refractivity contribution in [3.63, 3.8) is 0 Å². The van der Waals surface area contributed by atoms with Gasteiger partial charge in [0.1, 0.15) is 0 Å². The number of rotatable bonds is 4. The molecule has 0 aliphatic carbocycles. The van der Waals surface area contributed by atoms with E-state index in [0.29, 0.717) is 0 Å². The van der Waals surface area contributed by atoms with E-state index in [1.165, 1.54) is 27.8 Å². The fourth-order valence-electron chi connectivity index (χ4n) is 3.98. The third-order valence-electron chi connectivity index (χ3n) is 6.76. The van der Waals surface area contributed by atoms with Crippen LogP contribution in [-0.2, 0) is 9.31 Å². The average Bonchev–Trinajstić information content (AvgIpc) is 2.96. The van der Waals surface area contributed by atoms with Gasteiger partial charge in [-0.15, -0.1) is 0 Å². The molecule has 31 heavy (non-hydrogen) atoms. The molecule has 3 aromatic carbocycles. The first kappa shape index (κ1) is 21.6. The lowest BCUT2D eigenvalue weighted by molar-refractivity contribution is 0.00578. The maximum atomic E-state index is 6.43. The van der Waals surface area contributed by atoms with Crippen LogP contribution in [0, 0.1) is 13.8 Å². The van der Waals surface area contributed by atoms with E-state index >= 15 is 0 Å². The smallest absolute Gasteiger partial charge is 0.399 e. The van der Waals surface area contributed by atoms with Gasteiger partial charge in [0.05, 0.1) is 11.2 Å². The van der Waals surface area contributed by atoms with Crippen molar-refractivity contribution in [3.8, 4) is 0 Å². The van der Waals surface area contributed by atoms with Crippen molar-refractivity contribution in [3.05, 3.63) is 101 Å². The first-order valence-electron chi connectivity index (χ1n) is 11.0. The molecule has 1 aliphatic rings. The molecule has 1 aliphatic heterocycles. The van der Waals surface area contributed by atoms with Gasteiger partial charge in [0.15, 0.2) is 0 Å². The van der Waals surface area contributed by atoms with Gasteiger partial charge in [0, 0.05) is 0 Å². The Labute approximate surface area is 187 Å². The lowest BCUT2D eigenvalue weighted by Crippen LogP contribution is -2.41. The van der Waals surface area contributed by atoms with Crippen LogP contribution in [0.15, 0.2) is 72.8 Å². The lowest BCUT2D eigenvalue weighted by atomic mass is 9.73. The molecule has 0 amide bonds. The summed E-state index contributed by atoms with van der Waals surface area (Å²) in [6.45, 7) is 12.8. The van der Waals surface area contributed by atoms with E-state index in [1.807, 2.05) is 6.07 Å². The van der Waals surface area contributed by atoms with Crippen LogP contribution in [0.5, 0.6) is 0 Å². The van der Waals surface area contributed by atoms with E-state index in [9.17, 15) is 0 Å². The van der Waals surface area contributed by atoms with Crippen molar-refractivity contribution in [1.29, 1.82) is 0 Å². The quantitative estimate of drug-likeness (QED) is 0.377. The first-order valence-corrected chi connectivity index (χ1v) is 11.0. The summed E-state index contributed by atoms with van der Waals surface area (Å²) in [7, 11) is -0.412. The molecule has 1 fully saturated rings. The Morgan fingerprint density at radius 2 is 1.29 bits per heavy atom. The molecule has 3 aromatic rings. The minimum Gasteiger partial charge on any atom is -0.399 e. The molecule has 158 valence electrons. The van der Waals surface area contributed by atoms with Crippen LogP contribution in [0.3, 0.4) is 0 Å². The van der Waals surface area contributed by atoms with Crippen LogP contribution < -0.4 is 5.46 Å². The van der Waals surface area contributed by atoms with Gasteiger partial charge in [0.25, 0.3) is 0 Å². The van der Waals surface area contributed by atoms with Crippen molar-refractivity contribution >= 4 is 24.2 Å². The minimum atomic E-state index is -0.412. The topological polar surface area (TPSA) is 18.5 Å². The fourth-order valence-corrected chi connectivity index (χ4v) is 3.98. The third-order valence-corrected chi connectivity index (χ3v) is 6.76. The summed E-state index contributed by atoms with van der Waals surface area (Å²) in [6.07, 6.45) is 2.27. The fraction of sp³-hybridized carbons (Fsp3) is 0.286. The zero-order valence-corrected chi connectivity index (χ0v) is 19.4. The second kappa shape index (κ2) is 8.14. The standard InChI is InChI=1S/C28H31BO2/c1-20-13-12-17-23(21(20)2)25(19-22-14-8-7-9-15-22)24-16-10-11-18-26(24)29-30-27(3,4)28(5,6)31-29/h7-19H,1-6H3/b25-19+. The molecule has 0 unspecified atom stereocenters. The number of hydrogen-bond acceptors (Lipinski definition) is 2. The van der Waals surface area contributed by atoms with Gasteiger partial charge < -0.3 is 9.31 Å². The highest BCUT2D eigenvalue weighted by molar-refractivity contribution is 6.63. The van der Waals surface area contributed by atoms with E-state index in [0.717, 1.165) is 11.0 Å². The monoisotopic (exact) mass is 410 g/mol. The van der Waals surface area contributed by atoms with E-state index in [-0.39, 0.29) is 11.2 Å². The summed E-state index contributed by atoms with van der Waals surface area (Å²) in [5.74, 6) is 0. The molecule has 3 heteroatoms. The average molecular weight is 410 g/mol. The summed E-state index contributed by atoms with van der Waals surface area (Å²) >= 11 is 0. The Morgan fingerprint density at radius 1 is 0.710 bits per heavy atom. The van der Waals surface area contributed by atoms with Gasteiger partial charge in [-0.3, -0.25) is 0 Å². The predicted octanol–water partition coefficient (Wildman–Crippen LogP) is 6.19. The van der Waals surface area contributed by atoms with Crippen LogP contribution in [0.25, 0.3) is 11.6 Å². The second-order valence-corrected chi connectivity index (χ2v) is 9.39. The highest BCUT2D eigenvalue weighted by atomic mass is 16.7. The summed E-state index contributed by atoms with van der Waals surface area (Å²) in [5.41, 5.74) is 7.58. The molecule has 4 rings (SSSR count).